The van der Waals surface area contributed by atoms with E-state index in [9.17, 15) is 4.79 Å². The maximum absolute atomic E-state index is 12.2. The summed E-state index contributed by atoms with van der Waals surface area (Å²) in [5, 5.41) is 3.09. The summed E-state index contributed by atoms with van der Waals surface area (Å²) >= 11 is 0. The van der Waals surface area contributed by atoms with E-state index in [1.165, 1.54) is 25.8 Å². The molecule has 2 heterocycles. The summed E-state index contributed by atoms with van der Waals surface area (Å²) in [4.78, 5) is 16.9. The Kier molecular flexibility index (Phi) is 4.40. The van der Waals surface area contributed by atoms with Gasteiger partial charge in [0.1, 0.15) is 0 Å². The minimum absolute atomic E-state index is 0.107. The number of nitrogens with one attached hydrogen (secondary N) is 1. The molecule has 2 aliphatic heterocycles. The molecule has 2 saturated heterocycles. The highest BCUT2D eigenvalue weighted by Crippen LogP contribution is 2.21. The van der Waals surface area contributed by atoms with Crippen molar-refractivity contribution in [1.82, 2.24) is 15.1 Å². The predicted molar refractivity (Wildman–Crippen MR) is 68.9 cm³/mol. The van der Waals surface area contributed by atoms with Gasteiger partial charge in [0, 0.05) is 38.1 Å². The van der Waals surface area contributed by atoms with Crippen LogP contribution in [0.4, 0.5) is 0 Å². The fourth-order valence-electron chi connectivity index (χ4n) is 3.06. The maximum Gasteiger partial charge on any atom is 0.226 e. The van der Waals surface area contributed by atoms with Crippen molar-refractivity contribution < 1.29 is 4.79 Å². The van der Waals surface area contributed by atoms with Crippen LogP contribution in [0.5, 0.6) is 0 Å². The van der Waals surface area contributed by atoms with Gasteiger partial charge in [0.2, 0.25) is 5.91 Å². The molecular weight excluding hydrogens is 214 g/mol. The molecule has 2 aliphatic rings. The molecule has 2 fully saturated rings. The minimum atomic E-state index is 0.107. The average Bonchev–Trinajstić information content (AvgIpc) is 2.37. The molecule has 0 bridgehead atoms. The smallest absolute Gasteiger partial charge is 0.226 e. The van der Waals surface area contributed by atoms with E-state index in [2.05, 4.69) is 15.1 Å². The van der Waals surface area contributed by atoms with Crippen molar-refractivity contribution in [2.45, 2.75) is 32.2 Å². The third-order valence-electron chi connectivity index (χ3n) is 4.08. The average molecular weight is 239 g/mol. The second-order valence-corrected chi connectivity index (χ2v) is 5.43. The number of nitrogens with zero attached hydrogens (tertiary/aromatic N) is 2. The fraction of sp³-hybridized carbons (Fsp3) is 0.923. The Morgan fingerprint density at radius 2 is 2.18 bits per heavy atom. The number of hydrogen-bond donors (Lipinski definition) is 1. The van der Waals surface area contributed by atoms with Gasteiger partial charge in [-0.15, -0.1) is 0 Å². The Morgan fingerprint density at radius 1 is 1.35 bits per heavy atom. The van der Waals surface area contributed by atoms with E-state index in [0.29, 0.717) is 11.9 Å². The summed E-state index contributed by atoms with van der Waals surface area (Å²) in [6, 6.07) is 0.628. The fourth-order valence-corrected chi connectivity index (χ4v) is 3.06. The molecule has 0 saturated carbocycles. The largest absolute Gasteiger partial charge is 0.340 e. The summed E-state index contributed by atoms with van der Waals surface area (Å²) in [6.07, 6.45) is 3.93. The molecule has 0 aromatic rings. The van der Waals surface area contributed by atoms with Gasteiger partial charge in [-0.05, 0) is 26.4 Å². The number of carbonyl (C=O) groups is 1. The topological polar surface area (TPSA) is 35.6 Å². The predicted octanol–water partition coefficient (Wildman–Crippen LogP) is 0.539. The number of piperidine rings is 1. The summed E-state index contributed by atoms with van der Waals surface area (Å²) in [6.45, 7) is 6.98. The van der Waals surface area contributed by atoms with Crippen LogP contribution in [0.2, 0.25) is 0 Å². The highest BCUT2D eigenvalue weighted by atomic mass is 16.2. The Bertz CT molecular complexity index is 269. The number of hydrogen-bond acceptors (Lipinski definition) is 3. The zero-order chi connectivity index (χ0) is 12.3. The summed E-state index contributed by atoms with van der Waals surface area (Å²) in [5.41, 5.74) is 0. The van der Waals surface area contributed by atoms with Crippen molar-refractivity contribution in [2.24, 2.45) is 5.92 Å². The highest BCUT2D eigenvalue weighted by molar-refractivity contribution is 5.78. The normalized spacial score (nSPS) is 27.6. The molecule has 1 amide bonds. The Hall–Kier alpha value is -0.610. The van der Waals surface area contributed by atoms with Gasteiger partial charge in [0.15, 0.2) is 0 Å². The number of rotatable bonds is 3. The summed E-state index contributed by atoms with van der Waals surface area (Å²) in [5.74, 6) is 0.430. The lowest BCUT2D eigenvalue weighted by molar-refractivity contribution is -0.138. The second kappa shape index (κ2) is 5.83. The molecule has 0 aromatic carbocycles. The third kappa shape index (κ3) is 2.99. The molecule has 0 aromatic heterocycles. The van der Waals surface area contributed by atoms with Crippen LogP contribution >= 0.6 is 0 Å². The lowest BCUT2D eigenvalue weighted by Crippen LogP contribution is -2.57. The standard InChI is InChI=1S/C13H25N3O/c1-11(9-14-2)13(17)16-8-7-15-6-4-3-5-12(15)10-16/h11-12,14H,3-10H2,1-2H3. The number of fused-ring (bicyclic) bond motifs is 1. The van der Waals surface area contributed by atoms with Crippen LogP contribution in [-0.2, 0) is 4.79 Å². The first-order valence-electron chi connectivity index (χ1n) is 6.90. The van der Waals surface area contributed by atoms with Crippen LogP contribution in [0.3, 0.4) is 0 Å². The zero-order valence-electron chi connectivity index (χ0n) is 11.1. The van der Waals surface area contributed by atoms with Crippen molar-refractivity contribution in [3.63, 3.8) is 0 Å². The van der Waals surface area contributed by atoms with Crippen LogP contribution in [-0.4, -0.2) is 61.5 Å². The molecule has 4 nitrogen and oxygen atoms in total. The van der Waals surface area contributed by atoms with Crippen molar-refractivity contribution in [1.29, 1.82) is 0 Å². The first-order chi connectivity index (χ1) is 8.22. The van der Waals surface area contributed by atoms with Gasteiger partial charge in [-0.1, -0.05) is 13.3 Å². The van der Waals surface area contributed by atoms with Gasteiger partial charge in [-0.3, -0.25) is 9.69 Å². The number of piperazine rings is 1. The van der Waals surface area contributed by atoms with E-state index in [0.717, 1.165) is 26.2 Å². The van der Waals surface area contributed by atoms with Crippen LogP contribution < -0.4 is 5.32 Å². The Balaban J connectivity index is 1.88. The van der Waals surface area contributed by atoms with E-state index in [-0.39, 0.29) is 5.92 Å². The van der Waals surface area contributed by atoms with Gasteiger partial charge in [-0.2, -0.15) is 0 Å². The van der Waals surface area contributed by atoms with Gasteiger partial charge in [0.25, 0.3) is 0 Å². The first-order valence-corrected chi connectivity index (χ1v) is 6.90. The monoisotopic (exact) mass is 239 g/mol. The molecule has 17 heavy (non-hydrogen) atoms. The summed E-state index contributed by atoms with van der Waals surface area (Å²) < 4.78 is 0. The van der Waals surface area contributed by atoms with Crippen molar-refractivity contribution in [3.8, 4) is 0 Å². The number of amides is 1. The van der Waals surface area contributed by atoms with Gasteiger partial charge in [-0.25, -0.2) is 0 Å². The third-order valence-corrected chi connectivity index (χ3v) is 4.08. The van der Waals surface area contributed by atoms with E-state index in [1.807, 2.05) is 14.0 Å². The Labute approximate surface area is 104 Å². The lowest BCUT2D eigenvalue weighted by atomic mass is 9.98. The van der Waals surface area contributed by atoms with Gasteiger partial charge >= 0.3 is 0 Å². The molecule has 0 spiro atoms. The quantitative estimate of drug-likeness (QED) is 0.781. The molecular formula is C13H25N3O. The molecule has 0 radical (unpaired) electrons. The molecule has 1 N–H and O–H groups in total. The highest BCUT2D eigenvalue weighted by Gasteiger charge is 2.32. The first kappa shape index (κ1) is 12.8. The van der Waals surface area contributed by atoms with Crippen molar-refractivity contribution in [2.75, 3.05) is 39.8 Å². The SMILES string of the molecule is CNCC(C)C(=O)N1CCN2CCCCC2C1. The van der Waals surface area contributed by atoms with E-state index >= 15 is 0 Å². The minimum Gasteiger partial charge on any atom is -0.340 e. The molecule has 2 rings (SSSR count). The van der Waals surface area contributed by atoms with Crippen LogP contribution in [0.15, 0.2) is 0 Å². The second-order valence-electron chi connectivity index (χ2n) is 5.43. The molecule has 98 valence electrons. The van der Waals surface area contributed by atoms with E-state index in [1.54, 1.807) is 0 Å². The van der Waals surface area contributed by atoms with Gasteiger partial charge in [0.05, 0.1) is 0 Å². The molecule has 4 heteroatoms. The molecule has 2 unspecified atom stereocenters. The van der Waals surface area contributed by atoms with Gasteiger partial charge < -0.3 is 10.2 Å². The van der Waals surface area contributed by atoms with Crippen molar-refractivity contribution in [3.05, 3.63) is 0 Å². The lowest BCUT2D eigenvalue weighted by Gasteiger charge is -2.44. The van der Waals surface area contributed by atoms with Crippen molar-refractivity contribution >= 4 is 5.91 Å². The molecule has 2 atom stereocenters. The van der Waals surface area contributed by atoms with E-state index < -0.39 is 0 Å². The van der Waals surface area contributed by atoms with Crippen LogP contribution in [0, 0.1) is 5.92 Å². The van der Waals surface area contributed by atoms with Crippen LogP contribution in [0.25, 0.3) is 0 Å². The Morgan fingerprint density at radius 3 is 2.94 bits per heavy atom. The molecule has 0 aliphatic carbocycles. The van der Waals surface area contributed by atoms with E-state index in [4.69, 9.17) is 0 Å². The maximum atomic E-state index is 12.2. The zero-order valence-corrected chi connectivity index (χ0v) is 11.1. The number of carbonyl (C=O) groups excluding carboxylic acids is 1. The summed E-state index contributed by atoms with van der Waals surface area (Å²) in [7, 11) is 1.91. The van der Waals surface area contributed by atoms with Crippen LogP contribution in [0.1, 0.15) is 26.2 Å².